The minimum Gasteiger partial charge on any atom is -0.497 e. The zero-order valence-corrected chi connectivity index (χ0v) is 22.4. The van der Waals surface area contributed by atoms with Crippen molar-refractivity contribution in [2.24, 2.45) is 4.99 Å². The van der Waals surface area contributed by atoms with Crippen LogP contribution in [0, 0.1) is 13.8 Å². The Hall–Kier alpha value is -3.25. The molecule has 1 saturated heterocycles. The van der Waals surface area contributed by atoms with Crippen LogP contribution in [0.25, 0.3) is 11.8 Å². The van der Waals surface area contributed by atoms with Gasteiger partial charge in [-0.25, -0.2) is 4.99 Å². The number of nitrogens with zero attached hydrogens (tertiary/aromatic N) is 3. The van der Waals surface area contributed by atoms with Gasteiger partial charge in [-0.05, 0) is 97.6 Å². The maximum atomic E-state index is 13.2. The number of rotatable bonds is 5. The summed E-state index contributed by atoms with van der Waals surface area (Å²) in [5.41, 5.74) is 6.62. The van der Waals surface area contributed by atoms with E-state index in [0.717, 1.165) is 34.1 Å². The Balaban J connectivity index is 1.65. The van der Waals surface area contributed by atoms with Gasteiger partial charge in [-0.1, -0.05) is 32.9 Å². The lowest BCUT2D eigenvalue weighted by atomic mass is 9.87. The van der Waals surface area contributed by atoms with Crippen molar-refractivity contribution in [2.45, 2.75) is 47.0 Å². The lowest BCUT2D eigenvalue weighted by Gasteiger charge is -2.20. The van der Waals surface area contributed by atoms with E-state index in [1.54, 1.807) is 12.0 Å². The van der Waals surface area contributed by atoms with Gasteiger partial charge in [0.2, 0.25) is 0 Å². The summed E-state index contributed by atoms with van der Waals surface area (Å²) in [6.45, 7) is 13.4. The van der Waals surface area contributed by atoms with E-state index >= 15 is 0 Å². The van der Waals surface area contributed by atoms with Gasteiger partial charge in [0.25, 0.3) is 5.91 Å². The van der Waals surface area contributed by atoms with Gasteiger partial charge >= 0.3 is 0 Å². The summed E-state index contributed by atoms with van der Waals surface area (Å²) in [4.78, 5) is 20.3. The average molecular weight is 488 g/mol. The number of aromatic nitrogens is 1. The number of thioether (sulfide) groups is 1. The number of benzene rings is 2. The van der Waals surface area contributed by atoms with Gasteiger partial charge in [0, 0.05) is 23.6 Å². The highest BCUT2D eigenvalue weighted by Crippen LogP contribution is 2.35. The van der Waals surface area contributed by atoms with E-state index in [2.05, 4.69) is 69.5 Å². The van der Waals surface area contributed by atoms with Gasteiger partial charge in [-0.2, -0.15) is 0 Å². The van der Waals surface area contributed by atoms with E-state index in [4.69, 9.17) is 9.73 Å². The molecule has 0 saturated carbocycles. The predicted octanol–water partition coefficient (Wildman–Crippen LogP) is 7.02. The Morgan fingerprint density at radius 3 is 2.26 bits per heavy atom. The molecular weight excluding hydrogens is 454 g/mol. The number of methoxy groups -OCH3 is 1. The number of likely N-dealkylation sites (N-methyl/N-ethyl adjacent to an activating group) is 1. The SMILES string of the molecule is CCN1C(=O)/C(=C/c2cc(C)n(-c3ccc(C(C)(C)C)cc3)c2C)SC1=Nc1ccc(OC)cc1. The van der Waals surface area contributed by atoms with Gasteiger partial charge in [-0.15, -0.1) is 0 Å². The molecule has 1 aromatic heterocycles. The van der Waals surface area contributed by atoms with Gasteiger partial charge in [0.15, 0.2) is 5.17 Å². The second kappa shape index (κ2) is 9.78. The Bertz CT molecular complexity index is 1290. The molecule has 1 amide bonds. The largest absolute Gasteiger partial charge is 0.497 e. The summed E-state index contributed by atoms with van der Waals surface area (Å²) in [5, 5.41) is 0.695. The van der Waals surface area contributed by atoms with Gasteiger partial charge in [0.05, 0.1) is 17.7 Å². The molecule has 6 heteroatoms. The van der Waals surface area contributed by atoms with Crippen molar-refractivity contribution in [2.75, 3.05) is 13.7 Å². The van der Waals surface area contributed by atoms with Crippen molar-refractivity contribution in [3.05, 3.63) is 82.0 Å². The monoisotopic (exact) mass is 487 g/mol. The molecule has 0 atom stereocenters. The molecule has 1 aliphatic rings. The van der Waals surface area contributed by atoms with Crippen LogP contribution in [-0.4, -0.2) is 34.2 Å². The second-order valence-electron chi connectivity index (χ2n) is 9.71. The van der Waals surface area contributed by atoms with Crippen LogP contribution >= 0.6 is 11.8 Å². The number of amides is 1. The van der Waals surface area contributed by atoms with Crippen molar-refractivity contribution >= 4 is 34.6 Å². The quantitative estimate of drug-likeness (QED) is 0.363. The fourth-order valence-corrected chi connectivity index (χ4v) is 5.27. The number of hydrogen-bond donors (Lipinski definition) is 0. The number of ether oxygens (including phenoxy) is 1. The van der Waals surface area contributed by atoms with E-state index < -0.39 is 0 Å². The molecule has 3 aromatic rings. The standard InChI is InChI=1S/C29H33N3O2S/c1-8-31-27(33)26(35-28(31)30-23-11-15-25(34-7)16-12-23)18-21-17-19(2)32(20(21)3)24-13-9-22(10-14-24)29(4,5)6/h9-18H,8H2,1-7H3/b26-18-,30-28?. The molecule has 4 rings (SSSR count). The summed E-state index contributed by atoms with van der Waals surface area (Å²) < 4.78 is 7.47. The maximum Gasteiger partial charge on any atom is 0.266 e. The van der Waals surface area contributed by atoms with Crippen LogP contribution in [0.3, 0.4) is 0 Å². The minimum atomic E-state index is -0.0101. The number of carbonyl (C=O) groups is 1. The third-order valence-electron chi connectivity index (χ3n) is 6.25. The van der Waals surface area contributed by atoms with Crippen LogP contribution < -0.4 is 4.74 Å². The van der Waals surface area contributed by atoms with Crippen LogP contribution in [0.4, 0.5) is 5.69 Å². The number of hydrogen-bond acceptors (Lipinski definition) is 4. The van der Waals surface area contributed by atoms with E-state index in [0.29, 0.717) is 16.6 Å². The molecule has 0 spiro atoms. The molecule has 182 valence electrons. The molecule has 0 bridgehead atoms. The van der Waals surface area contributed by atoms with Crippen LogP contribution in [-0.2, 0) is 10.2 Å². The molecule has 0 aliphatic carbocycles. The van der Waals surface area contributed by atoms with Crippen molar-refractivity contribution < 1.29 is 9.53 Å². The molecule has 2 heterocycles. The second-order valence-corrected chi connectivity index (χ2v) is 10.7. The molecule has 35 heavy (non-hydrogen) atoms. The van der Waals surface area contributed by atoms with Gasteiger partial charge in [0.1, 0.15) is 5.75 Å². The number of carbonyl (C=O) groups excluding carboxylic acids is 1. The van der Waals surface area contributed by atoms with Crippen LogP contribution in [0.1, 0.15) is 50.2 Å². The fraction of sp³-hybridized carbons (Fsp3) is 0.310. The van der Waals surface area contributed by atoms with E-state index in [-0.39, 0.29) is 11.3 Å². The Morgan fingerprint density at radius 2 is 1.69 bits per heavy atom. The highest BCUT2D eigenvalue weighted by molar-refractivity contribution is 8.18. The minimum absolute atomic E-state index is 0.0101. The Labute approximate surface area is 212 Å². The third kappa shape index (κ3) is 5.08. The van der Waals surface area contributed by atoms with Gasteiger partial charge < -0.3 is 9.30 Å². The van der Waals surface area contributed by atoms with Crippen molar-refractivity contribution in [3.8, 4) is 11.4 Å². The average Bonchev–Trinajstić information content (AvgIpc) is 3.28. The molecule has 5 nitrogen and oxygen atoms in total. The van der Waals surface area contributed by atoms with Crippen LogP contribution in [0.2, 0.25) is 0 Å². The lowest BCUT2D eigenvalue weighted by molar-refractivity contribution is -0.122. The first kappa shape index (κ1) is 24.9. The first-order valence-corrected chi connectivity index (χ1v) is 12.7. The summed E-state index contributed by atoms with van der Waals surface area (Å²) in [5.74, 6) is 0.768. The summed E-state index contributed by atoms with van der Waals surface area (Å²) in [6, 6.07) is 18.4. The number of aryl methyl sites for hydroxylation is 1. The fourth-order valence-electron chi connectivity index (χ4n) is 4.22. The molecule has 2 aromatic carbocycles. The molecule has 0 unspecified atom stereocenters. The normalized spacial score (nSPS) is 16.5. The van der Waals surface area contributed by atoms with Crippen molar-refractivity contribution in [1.82, 2.24) is 9.47 Å². The Morgan fingerprint density at radius 1 is 1.03 bits per heavy atom. The summed E-state index contributed by atoms with van der Waals surface area (Å²) >= 11 is 1.42. The Kier molecular flexibility index (Phi) is 6.95. The van der Waals surface area contributed by atoms with E-state index in [9.17, 15) is 4.79 Å². The number of amidine groups is 1. The van der Waals surface area contributed by atoms with E-state index in [1.165, 1.54) is 17.3 Å². The highest BCUT2D eigenvalue weighted by atomic mass is 32.2. The lowest BCUT2D eigenvalue weighted by Crippen LogP contribution is -2.28. The molecular formula is C29H33N3O2S. The van der Waals surface area contributed by atoms with Gasteiger partial charge in [-0.3, -0.25) is 9.69 Å². The van der Waals surface area contributed by atoms with Crippen LogP contribution in [0.15, 0.2) is 64.5 Å². The molecule has 0 radical (unpaired) electrons. The zero-order chi connectivity index (χ0) is 25.3. The van der Waals surface area contributed by atoms with E-state index in [1.807, 2.05) is 37.3 Å². The first-order chi connectivity index (χ1) is 16.6. The summed E-state index contributed by atoms with van der Waals surface area (Å²) in [6.07, 6.45) is 1.99. The highest BCUT2D eigenvalue weighted by Gasteiger charge is 2.32. The van der Waals surface area contributed by atoms with Crippen LogP contribution in [0.5, 0.6) is 5.75 Å². The predicted molar refractivity (Wildman–Crippen MR) is 147 cm³/mol. The van der Waals surface area contributed by atoms with Crippen molar-refractivity contribution in [1.29, 1.82) is 0 Å². The molecule has 1 aliphatic heterocycles. The van der Waals surface area contributed by atoms with Crippen molar-refractivity contribution in [3.63, 3.8) is 0 Å². The zero-order valence-electron chi connectivity index (χ0n) is 21.5. The maximum absolute atomic E-state index is 13.2. The topological polar surface area (TPSA) is 46.8 Å². The summed E-state index contributed by atoms with van der Waals surface area (Å²) in [7, 11) is 1.64. The third-order valence-corrected chi connectivity index (χ3v) is 7.26. The smallest absolute Gasteiger partial charge is 0.266 e. The molecule has 0 N–H and O–H groups in total. The molecule has 1 fully saturated rings. The first-order valence-electron chi connectivity index (χ1n) is 11.9. The number of aliphatic imine (C=N–C) groups is 1.